The third-order valence-corrected chi connectivity index (χ3v) is 12.8. The summed E-state index contributed by atoms with van der Waals surface area (Å²) >= 11 is 0. The Morgan fingerprint density at radius 1 is 0.383 bits per heavy atom. The number of hydrogen-bond acceptors (Lipinski definition) is 2. The lowest BCUT2D eigenvalue weighted by Gasteiger charge is -2.21. The van der Waals surface area contributed by atoms with Crippen molar-refractivity contribution in [2.24, 2.45) is 0 Å². The van der Waals surface area contributed by atoms with Crippen molar-refractivity contribution in [3.63, 3.8) is 0 Å². The van der Waals surface area contributed by atoms with Crippen LogP contribution >= 0.6 is 0 Å². The van der Waals surface area contributed by atoms with Crippen LogP contribution in [0.4, 0.5) is 0 Å². The van der Waals surface area contributed by atoms with Crippen molar-refractivity contribution < 1.29 is 0 Å². The molecule has 0 aliphatic heterocycles. The first-order chi connectivity index (χ1) is 29.5. The average molecular weight is 766 g/mol. The highest BCUT2D eigenvalue weighted by molar-refractivity contribution is 6.14. The first kappa shape index (κ1) is 34.4. The Labute approximate surface area is 348 Å². The van der Waals surface area contributed by atoms with Gasteiger partial charge in [-0.05, 0) is 97.4 Å². The maximum absolute atomic E-state index is 5.44. The van der Waals surface area contributed by atoms with Crippen LogP contribution in [0.25, 0.3) is 105 Å². The van der Waals surface area contributed by atoms with Crippen LogP contribution in [0.2, 0.25) is 0 Å². The number of rotatable bonds is 5. The van der Waals surface area contributed by atoms with Crippen LogP contribution in [0.3, 0.4) is 0 Å². The summed E-state index contributed by atoms with van der Waals surface area (Å²) < 4.78 is 2.42. The molecule has 0 saturated carbocycles. The van der Waals surface area contributed by atoms with Gasteiger partial charge in [0.15, 0.2) is 5.82 Å². The molecule has 0 amide bonds. The molecule has 0 spiro atoms. The van der Waals surface area contributed by atoms with Crippen LogP contribution in [0.1, 0.15) is 25.0 Å². The summed E-state index contributed by atoms with van der Waals surface area (Å²) in [6.07, 6.45) is 0. The molecule has 0 radical (unpaired) electrons. The third-order valence-electron chi connectivity index (χ3n) is 12.8. The fourth-order valence-electron chi connectivity index (χ4n) is 9.95. The number of hydrogen-bond donors (Lipinski definition) is 0. The lowest BCUT2D eigenvalue weighted by atomic mass is 9.82. The second-order valence-corrected chi connectivity index (χ2v) is 16.6. The van der Waals surface area contributed by atoms with Crippen molar-refractivity contribution in [1.29, 1.82) is 0 Å². The van der Waals surface area contributed by atoms with Crippen molar-refractivity contribution in [2.45, 2.75) is 19.3 Å². The molecular weight excluding hydrogens is 727 g/mol. The monoisotopic (exact) mass is 765 g/mol. The predicted molar refractivity (Wildman–Crippen MR) is 251 cm³/mol. The Morgan fingerprint density at radius 2 is 0.967 bits per heavy atom. The van der Waals surface area contributed by atoms with E-state index in [0.29, 0.717) is 5.82 Å². The minimum atomic E-state index is -0.131. The van der Waals surface area contributed by atoms with Gasteiger partial charge in [-0.1, -0.05) is 172 Å². The van der Waals surface area contributed by atoms with E-state index in [1.165, 1.54) is 71.2 Å². The predicted octanol–water partition coefficient (Wildman–Crippen LogP) is 14.9. The van der Waals surface area contributed by atoms with E-state index in [1.807, 2.05) is 6.07 Å². The van der Waals surface area contributed by atoms with Crippen molar-refractivity contribution in [3.8, 4) is 61.8 Å². The van der Waals surface area contributed by atoms with Crippen molar-refractivity contribution >= 4 is 43.4 Å². The average Bonchev–Trinajstić information content (AvgIpc) is 3.77. The van der Waals surface area contributed by atoms with Gasteiger partial charge in [0.25, 0.3) is 0 Å². The Hall–Kier alpha value is -7.62. The number of para-hydroxylation sites is 2. The second kappa shape index (κ2) is 13.2. The molecule has 1 aliphatic carbocycles. The summed E-state index contributed by atoms with van der Waals surface area (Å²) in [7, 11) is 0. The third kappa shape index (κ3) is 5.22. The molecule has 60 heavy (non-hydrogen) atoms. The maximum Gasteiger partial charge on any atom is 0.160 e. The van der Waals surface area contributed by atoms with Crippen LogP contribution in [0.15, 0.2) is 200 Å². The summed E-state index contributed by atoms with van der Waals surface area (Å²) in [6, 6.07) is 72.6. The van der Waals surface area contributed by atoms with E-state index >= 15 is 0 Å². The molecule has 0 bridgehead atoms. The van der Waals surface area contributed by atoms with Crippen LogP contribution < -0.4 is 0 Å². The van der Waals surface area contributed by atoms with Crippen LogP contribution in [-0.2, 0) is 5.41 Å². The van der Waals surface area contributed by atoms with Crippen LogP contribution in [0, 0.1) is 0 Å². The summed E-state index contributed by atoms with van der Waals surface area (Å²) in [4.78, 5) is 10.8. The van der Waals surface area contributed by atoms with Gasteiger partial charge in [0.1, 0.15) is 0 Å². The molecular formula is C57H39N3. The van der Waals surface area contributed by atoms with Gasteiger partial charge in [0.2, 0.25) is 0 Å². The lowest BCUT2D eigenvalue weighted by molar-refractivity contribution is 0.660. The Morgan fingerprint density at radius 3 is 1.75 bits per heavy atom. The van der Waals surface area contributed by atoms with Gasteiger partial charge in [0.05, 0.1) is 22.4 Å². The molecule has 0 saturated heterocycles. The largest absolute Gasteiger partial charge is 0.309 e. The van der Waals surface area contributed by atoms with E-state index in [1.54, 1.807) is 0 Å². The van der Waals surface area contributed by atoms with Gasteiger partial charge < -0.3 is 4.57 Å². The second-order valence-electron chi connectivity index (χ2n) is 16.6. The maximum atomic E-state index is 5.44. The SMILES string of the molecule is CC1(C)c2ccccc2-c2c(-c3cc(-c4cc(-c5cc6ccccc6c6ccccc56)cc(-n5c6ccccc6c6ccccc65)c4)nc(-c4ccccc4)n3)cccc21. The first-order valence-electron chi connectivity index (χ1n) is 20.7. The fraction of sp³-hybridized carbons (Fsp3) is 0.0526. The molecule has 12 rings (SSSR count). The van der Waals surface area contributed by atoms with E-state index in [0.717, 1.165) is 39.3 Å². The van der Waals surface area contributed by atoms with Gasteiger partial charge in [-0.2, -0.15) is 0 Å². The highest BCUT2D eigenvalue weighted by atomic mass is 15.0. The van der Waals surface area contributed by atoms with Crippen molar-refractivity contribution in [2.75, 3.05) is 0 Å². The van der Waals surface area contributed by atoms with E-state index in [-0.39, 0.29) is 5.41 Å². The quantitative estimate of drug-likeness (QED) is 0.163. The number of benzene rings is 9. The molecule has 0 N–H and O–H groups in total. The molecule has 9 aromatic carbocycles. The van der Waals surface area contributed by atoms with Crippen molar-refractivity contribution in [1.82, 2.24) is 14.5 Å². The van der Waals surface area contributed by atoms with Crippen molar-refractivity contribution in [3.05, 3.63) is 211 Å². The topological polar surface area (TPSA) is 30.7 Å². The molecule has 3 heteroatoms. The van der Waals surface area contributed by atoms with Gasteiger partial charge in [-0.3, -0.25) is 0 Å². The van der Waals surface area contributed by atoms with Gasteiger partial charge in [-0.15, -0.1) is 0 Å². The fourth-order valence-corrected chi connectivity index (χ4v) is 9.95. The minimum absolute atomic E-state index is 0.131. The van der Waals surface area contributed by atoms with Crippen LogP contribution in [-0.4, -0.2) is 14.5 Å². The Bertz CT molecular complexity index is 3470. The highest BCUT2D eigenvalue weighted by Gasteiger charge is 2.37. The molecule has 0 unspecified atom stereocenters. The molecule has 1 aliphatic rings. The van der Waals surface area contributed by atoms with Gasteiger partial charge >= 0.3 is 0 Å². The standard InChI is InChI=1S/C57H39N3/c1-57(2)49-27-13-10-25-46(49)55-47(26-16-28-50(55)57)52-35-51(58-56(59-52)36-17-4-3-5-18-36)39-31-38(48-34-37-19-6-7-20-41(37)42-21-8-9-22-43(42)48)32-40(33-39)60-53-29-14-11-23-44(53)45-24-12-15-30-54(45)60/h3-35H,1-2H3. The minimum Gasteiger partial charge on any atom is -0.309 e. The molecule has 11 aromatic rings. The zero-order valence-corrected chi connectivity index (χ0v) is 33.4. The molecule has 0 atom stereocenters. The van der Waals surface area contributed by atoms with E-state index in [9.17, 15) is 0 Å². The molecule has 3 nitrogen and oxygen atoms in total. The molecule has 282 valence electrons. The van der Waals surface area contributed by atoms with Crippen LogP contribution in [0.5, 0.6) is 0 Å². The molecule has 0 fully saturated rings. The van der Waals surface area contributed by atoms with Gasteiger partial charge in [0, 0.05) is 38.6 Å². The zero-order chi connectivity index (χ0) is 40.0. The normalized spacial score (nSPS) is 13.0. The number of aromatic nitrogens is 3. The smallest absolute Gasteiger partial charge is 0.160 e. The van der Waals surface area contributed by atoms with E-state index in [4.69, 9.17) is 9.97 Å². The summed E-state index contributed by atoms with van der Waals surface area (Å²) in [5.74, 6) is 0.700. The zero-order valence-electron chi connectivity index (χ0n) is 33.4. The number of fused-ring (bicyclic) bond motifs is 9. The molecule has 2 aromatic heterocycles. The summed E-state index contributed by atoms with van der Waals surface area (Å²) in [5, 5.41) is 7.39. The van der Waals surface area contributed by atoms with E-state index in [2.05, 4.69) is 213 Å². The lowest BCUT2D eigenvalue weighted by Crippen LogP contribution is -2.14. The first-order valence-corrected chi connectivity index (χ1v) is 20.7. The number of nitrogens with zero attached hydrogens (tertiary/aromatic N) is 3. The van der Waals surface area contributed by atoms with E-state index < -0.39 is 0 Å². The summed E-state index contributed by atoms with van der Waals surface area (Å²) in [5.41, 5.74) is 15.7. The van der Waals surface area contributed by atoms with Gasteiger partial charge in [-0.25, -0.2) is 9.97 Å². The summed E-state index contributed by atoms with van der Waals surface area (Å²) in [6.45, 7) is 4.67. The molecule has 2 heterocycles. The Balaban J connectivity index is 1.17. The highest BCUT2D eigenvalue weighted by Crippen LogP contribution is 2.52. The Kier molecular flexibility index (Phi) is 7.58.